The smallest absolute Gasteiger partial charge is 0.264 e. The van der Waals surface area contributed by atoms with E-state index in [4.69, 9.17) is 4.52 Å². The predicted molar refractivity (Wildman–Crippen MR) is 82.2 cm³/mol. The van der Waals surface area contributed by atoms with Gasteiger partial charge in [-0.15, -0.1) is 0 Å². The Hall–Kier alpha value is -2.02. The highest BCUT2D eigenvalue weighted by atomic mass is 32.2. The normalized spacial score (nSPS) is 11.5. The van der Waals surface area contributed by atoms with Gasteiger partial charge in [-0.05, 0) is 51.0 Å². The number of anilines is 2. The van der Waals surface area contributed by atoms with Crippen LogP contribution in [0.25, 0.3) is 0 Å². The Bertz CT molecular complexity index is 756. The molecule has 0 bridgehead atoms. The van der Waals surface area contributed by atoms with Crippen LogP contribution < -0.4 is 10.0 Å². The van der Waals surface area contributed by atoms with Crippen molar-refractivity contribution in [1.29, 1.82) is 0 Å². The zero-order valence-corrected chi connectivity index (χ0v) is 13.6. The van der Waals surface area contributed by atoms with E-state index in [2.05, 4.69) is 15.2 Å². The van der Waals surface area contributed by atoms with Crippen molar-refractivity contribution in [1.82, 2.24) is 5.16 Å². The van der Waals surface area contributed by atoms with Gasteiger partial charge in [-0.25, -0.2) is 13.1 Å². The minimum absolute atomic E-state index is 0.156. The first-order valence-corrected chi connectivity index (χ1v) is 7.99. The van der Waals surface area contributed by atoms with Crippen molar-refractivity contribution in [3.63, 3.8) is 0 Å². The van der Waals surface area contributed by atoms with Crippen LogP contribution in [-0.2, 0) is 10.0 Å². The second-order valence-electron chi connectivity index (χ2n) is 5.02. The average molecular weight is 309 g/mol. The lowest BCUT2D eigenvalue weighted by atomic mass is 10.1. The van der Waals surface area contributed by atoms with E-state index < -0.39 is 10.0 Å². The van der Waals surface area contributed by atoms with Crippen LogP contribution in [-0.4, -0.2) is 20.6 Å². The molecule has 0 radical (unpaired) electrons. The highest BCUT2D eigenvalue weighted by molar-refractivity contribution is 7.92. The standard InChI is InChI=1S/C14H19N3O3S/c1-8-6-12(15-5)7-9(2)13(8)21(18,19)17-14-10(3)11(4)16-20-14/h6-7,15,17H,1-5H3. The highest BCUT2D eigenvalue weighted by Gasteiger charge is 2.23. The molecular weight excluding hydrogens is 290 g/mol. The Morgan fingerprint density at radius 2 is 1.67 bits per heavy atom. The number of hydrogen-bond donors (Lipinski definition) is 2. The molecule has 0 aliphatic rings. The van der Waals surface area contributed by atoms with Crippen LogP contribution in [0.15, 0.2) is 21.6 Å². The van der Waals surface area contributed by atoms with Crippen LogP contribution in [0.5, 0.6) is 0 Å². The molecule has 114 valence electrons. The number of rotatable bonds is 4. The number of benzene rings is 1. The molecule has 0 aliphatic heterocycles. The van der Waals surface area contributed by atoms with Gasteiger partial charge < -0.3 is 9.84 Å². The van der Waals surface area contributed by atoms with Gasteiger partial charge in [0.2, 0.25) is 5.88 Å². The molecular formula is C14H19N3O3S. The maximum Gasteiger partial charge on any atom is 0.264 e. The van der Waals surface area contributed by atoms with Crippen LogP contribution in [0, 0.1) is 27.7 Å². The minimum atomic E-state index is -3.72. The lowest BCUT2D eigenvalue weighted by molar-refractivity contribution is 0.430. The number of nitrogens with one attached hydrogen (secondary N) is 2. The summed E-state index contributed by atoms with van der Waals surface area (Å²) in [5, 5.41) is 6.76. The molecule has 1 aromatic carbocycles. The van der Waals surface area contributed by atoms with Crippen molar-refractivity contribution in [2.45, 2.75) is 32.6 Å². The van der Waals surface area contributed by atoms with E-state index in [1.54, 1.807) is 46.9 Å². The zero-order chi connectivity index (χ0) is 15.8. The van der Waals surface area contributed by atoms with Crippen LogP contribution in [0.2, 0.25) is 0 Å². The molecule has 0 aliphatic carbocycles. The summed E-state index contributed by atoms with van der Waals surface area (Å²) in [6.07, 6.45) is 0. The third-order valence-electron chi connectivity index (χ3n) is 3.40. The van der Waals surface area contributed by atoms with Crippen molar-refractivity contribution in [2.75, 3.05) is 17.1 Å². The van der Waals surface area contributed by atoms with Crippen LogP contribution in [0.1, 0.15) is 22.4 Å². The summed E-state index contributed by atoms with van der Waals surface area (Å²) in [6.45, 7) is 7.05. The summed E-state index contributed by atoms with van der Waals surface area (Å²) in [5.41, 5.74) is 3.55. The second-order valence-corrected chi connectivity index (χ2v) is 6.64. The summed E-state index contributed by atoms with van der Waals surface area (Å²) in [6, 6.07) is 3.58. The summed E-state index contributed by atoms with van der Waals surface area (Å²) >= 11 is 0. The van der Waals surface area contributed by atoms with Crippen molar-refractivity contribution in [3.05, 3.63) is 34.5 Å². The van der Waals surface area contributed by atoms with Crippen LogP contribution in [0.3, 0.4) is 0 Å². The maximum absolute atomic E-state index is 12.6. The third kappa shape index (κ3) is 2.87. The average Bonchev–Trinajstić information content (AvgIpc) is 2.69. The van der Waals surface area contributed by atoms with Gasteiger partial charge in [-0.3, -0.25) is 0 Å². The molecule has 0 amide bonds. The molecule has 7 heteroatoms. The Labute approximate surface area is 124 Å². The van der Waals surface area contributed by atoms with Crippen LogP contribution in [0.4, 0.5) is 11.6 Å². The number of hydrogen-bond acceptors (Lipinski definition) is 5. The molecule has 21 heavy (non-hydrogen) atoms. The van der Waals surface area contributed by atoms with E-state index in [0.717, 1.165) is 5.69 Å². The fourth-order valence-corrected chi connectivity index (χ4v) is 3.70. The molecule has 2 rings (SSSR count). The van der Waals surface area contributed by atoms with Crippen molar-refractivity contribution >= 4 is 21.6 Å². The summed E-state index contributed by atoms with van der Waals surface area (Å²) in [5.74, 6) is 0.156. The largest absolute Gasteiger partial charge is 0.388 e. The molecule has 0 saturated carbocycles. The van der Waals surface area contributed by atoms with Crippen molar-refractivity contribution in [3.8, 4) is 0 Å². The minimum Gasteiger partial charge on any atom is -0.388 e. The third-order valence-corrected chi connectivity index (χ3v) is 5.04. The molecule has 1 heterocycles. The second kappa shape index (κ2) is 5.40. The van der Waals surface area contributed by atoms with E-state index in [9.17, 15) is 8.42 Å². The molecule has 2 aromatic rings. The fraction of sp³-hybridized carbons (Fsp3) is 0.357. The number of nitrogens with zero attached hydrogens (tertiary/aromatic N) is 1. The van der Waals surface area contributed by atoms with Gasteiger partial charge in [0.1, 0.15) is 0 Å². The van der Waals surface area contributed by atoms with Gasteiger partial charge in [0, 0.05) is 18.3 Å². The number of aryl methyl sites for hydroxylation is 3. The monoisotopic (exact) mass is 309 g/mol. The fourth-order valence-electron chi connectivity index (χ4n) is 2.20. The van der Waals surface area contributed by atoms with Crippen molar-refractivity contribution < 1.29 is 12.9 Å². The summed E-state index contributed by atoms with van der Waals surface area (Å²) < 4.78 is 32.7. The first kappa shape index (κ1) is 15.4. The lowest BCUT2D eigenvalue weighted by Crippen LogP contribution is -2.16. The molecule has 0 unspecified atom stereocenters. The van der Waals surface area contributed by atoms with Crippen LogP contribution >= 0.6 is 0 Å². The Morgan fingerprint density at radius 3 is 2.10 bits per heavy atom. The van der Waals surface area contributed by atoms with Gasteiger partial charge >= 0.3 is 0 Å². The van der Waals surface area contributed by atoms with Gasteiger partial charge in [0.25, 0.3) is 10.0 Å². The lowest BCUT2D eigenvalue weighted by Gasteiger charge is -2.13. The van der Waals surface area contributed by atoms with Crippen molar-refractivity contribution in [2.24, 2.45) is 0 Å². The van der Waals surface area contributed by atoms with E-state index in [-0.39, 0.29) is 10.8 Å². The topological polar surface area (TPSA) is 84.2 Å². The molecule has 6 nitrogen and oxygen atoms in total. The summed E-state index contributed by atoms with van der Waals surface area (Å²) in [7, 11) is -1.93. The molecule has 0 atom stereocenters. The molecule has 0 spiro atoms. The highest BCUT2D eigenvalue weighted by Crippen LogP contribution is 2.27. The van der Waals surface area contributed by atoms with E-state index in [0.29, 0.717) is 22.4 Å². The SMILES string of the molecule is CNc1cc(C)c(S(=O)(=O)Nc2onc(C)c2C)c(C)c1. The zero-order valence-electron chi connectivity index (χ0n) is 12.7. The first-order valence-electron chi connectivity index (χ1n) is 6.51. The van der Waals surface area contributed by atoms with Gasteiger partial charge in [0.15, 0.2) is 0 Å². The number of aromatic nitrogens is 1. The molecule has 1 aromatic heterocycles. The Kier molecular flexibility index (Phi) is 3.95. The van der Waals surface area contributed by atoms with E-state index >= 15 is 0 Å². The maximum atomic E-state index is 12.6. The Balaban J connectivity index is 2.47. The van der Waals surface area contributed by atoms with E-state index in [1.807, 2.05) is 0 Å². The van der Waals surface area contributed by atoms with Gasteiger partial charge in [-0.1, -0.05) is 5.16 Å². The summed E-state index contributed by atoms with van der Waals surface area (Å²) in [4.78, 5) is 0.259. The molecule has 0 fully saturated rings. The van der Waals surface area contributed by atoms with Gasteiger partial charge in [-0.2, -0.15) is 0 Å². The quantitative estimate of drug-likeness (QED) is 0.907. The predicted octanol–water partition coefficient (Wildman–Crippen LogP) is 2.75. The number of sulfonamides is 1. The Morgan fingerprint density at radius 1 is 1.10 bits per heavy atom. The molecule has 2 N–H and O–H groups in total. The van der Waals surface area contributed by atoms with Gasteiger partial charge in [0.05, 0.1) is 10.6 Å². The first-order chi connectivity index (χ1) is 9.76. The van der Waals surface area contributed by atoms with E-state index in [1.165, 1.54) is 0 Å². The molecule has 0 saturated heterocycles.